The maximum atomic E-state index is 5.46. The molecule has 0 aliphatic carbocycles. The van der Waals surface area contributed by atoms with Crippen LogP contribution in [0.4, 0.5) is 0 Å². The zero-order valence-corrected chi connectivity index (χ0v) is 88.1. The molecule has 0 saturated heterocycles. The lowest BCUT2D eigenvalue weighted by molar-refractivity contribution is 0.558. The maximum absolute atomic E-state index is 5.46. The van der Waals surface area contributed by atoms with E-state index in [1.807, 2.05) is 81.0 Å². The summed E-state index contributed by atoms with van der Waals surface area (Å²) in [5, 5.41) is 2.42. The molecule has 22 heteroatoms. The van der Waals surface area contributed by atoms with E-state index < -0.39 is 0 Å². The normalized spacial score (nSPS) is 11.3. The van der Waals surface area contributed by atoms with Crippen molar-refractivity contribution in [2.45, 2.75) is 284 Å². The van der Waals surface area contributed by atoms with Crippen molar-refractivity contribution < 1.29 is 4.42 Å². The first-order valence-electron chi connectivity index (χ1n) is 44.9. The van der Waals surface area contributed by atoms with Gasteiger partial charge >= 0.3 is 0 Å². The molecule has 0 fully saturated rings. The van der Waals surface area contributed by atoms with Gasteiger partial charge < -0.3 is 36.4 Å². The van der Waals surface area contributed by atoms with Crippen LogP contribution >= 0.6 is 11.3 Å². The van der Waals surface area contributed by atoms with E-state index in [4.69, 9.17) is 4.42 Å². The van der Waals surface area contributed by atoms with Crippen LogP contribution in [0.1, 0.15) is 230 Å². The number of oxazole rings is 1. The van der Waals surface area contributed by atoms with Crippen LogP contribution in [0, 0.1) is 284 Å². The molecule has 0 spiro atoms. The zero-order valence-electron chi connectivity index (χ0n) is 87.3. The predicted octanol–water partition coefficient (Wildman–Crippen LogP) is 25.4. The van der Waals surface area contributed by atoms with Gasteiger partial charge in [0.25, 0.3) is 0 Å². The Balaban J connectivity index is 0.000000151. The van der Waals surface area contributed by atoms with E-state index in [1.54, 1.807) is 11.3 Å². The number of rotatable bonds is 0. The Morgan fingerprint density at radius 2 is 0.473 bits per heavy atom. The SMILES string of the molecule is Cc1c(C)c(C)c2c(nc(C)n2C)c1C.Cc1c(C)c(C)c2c(nc(C)n2C)c1C.Cc1c(C)c(C)c2c(nc(C)n2C)c1C.Cc1c(C)c(C)c2c(nc(C)n2C)c1C.Cc1nc2c(c(C)c1C)c(C)c(C)n2C.Cc1nc2c(nc(C)n2C)c(C)c1C.Cc1nc2nc(C)c(C)c(C)c2o1.Cc1nc2nc(C)c(C)c(C)c2s1.Cc1nc2nc(C)n(C)c2c(C)c1C. The van der Waals surface area contributed by atoms with Crippen LogP contribution in [0.15, 0.2) is 4.42 Å². The van der Waals surface area contributed by atoms with Crippen LogP contribution in [0.25, 0.3) is 99.1 Å². The summed E-state index contributed by atoms with van der Waals surface area (Å²) < 4.78 is 21.8. The van der Waals surface area contributed by atoms with Gasteiger partial charge in [-0.05, 0) is 422 Å². The van der Waals surface area contributed by atoms with E-state index in [2.05, 4.69) is 349 Å². The minimum atomic E-state index is 0.676. The molecule has 0 N–H and O–H groups in total. The molecule has 0 radical (unpaired) electrons. The summed E-state index contributed by atoms with van der Waals surface area (Å²) >= 11 is 1.73. The lowest BCUT2D eigenvalue weighted by atomic mass is 9.97. The minimum Gasteiger partial charge on any atom is -0.439 e. The molecular weight excluding hydrogens is 1610 g/mol. The van der Waals surface area contributed by atoms with Crippen LogP contribution in [0.3, 0.4) is 0 Å². The lowest BCUT2D eigenvalue weighted by Crippen LogP contribution is -1.97. The van der Waals surface area contributed by atoms with Gasteiger partial charge in [-0.2, -0.15) is 4.98 Å². The quantitative estimate of drug-likeness (QED) is 0.138. The van der Waals surface area contributed by atoms with Gasteiger partial charge in [0.1, 0.15) is 46.1 Å². The largest absolute Gasteiger partial charge is 0.439 e. The molecule has 129 heavy (non-hydrogen) atoms. The Labute approximate surface area is 770 Å². The molecule has 21 nitrogen and oxygen atoms in total. The van der Waals surface area contributed by atoms with Crippen molar-refractivity contribution in [2.24, 2.45) is 49.3 Å². The summed E-state index contributed by atoms with van der Waals surface area (Å²) in [5.74, 6) is 7.04. The number of hydrogen-bond acceptors (Lipinski definition) is 15. The van der Waals surface area contributed by atoms with Gasteiger partial charge in [0.05, 0.1) is 59.4 Å². The number of aryl methyl sites for hydroxylation is 34. The van der Waals surface area contributed by atoms with Crippen molar-refractivity contribution in [3.05, 3.63) is 230 Å². The third-order valence-electron chi connectivity index (χ3n) is 29.5. The van der Waals surface area contributed by atoms with E-state index in [0.717, 1.165) is 141 Å². The van der Waals surface area contributed by atoms with Crippen LogP contribution in [0.5, 0.6) is 0 Å². The van der Waals surface area contributed by atoms with Gasteiger partial charge in [-0.25, -0.2) is 59.8 Å². The van der Waals surface area contributed by atoms with Crippen molar-refractivity contribution >= 4 is 110 Å². The number of imidazole rings is 6. The summed E-state index contributed by atoms with van der Waals surface area (Å²) in [6, 6.07) is 0. The van der Waals surface area contributed by atoms with Gasteiger partial charge in [0, 0.05) is 101 Å². The fourth-order valence-corrected chi connectivity index (χ4v) is 18.3. The third kappa shape index (κ3) is 18.3. The summed E-state index contributed by atoms with van der Waals surface area (Å²) in [5.41, 5.74) is 59.9. The van der Waals surface area contributed by atoms with Crippen molar-refractivity contribution in [2.75, 3.05) is 0 Å². The van der Waals surface area contributed by atoms with Gasteiger partial charge in [0.2, 0.25) is 0 Å². The highest BCUT2D eigenvalue weighted by Crippen LogP contribution is 2.36. The van der Waals surface area contributed by atoms with Gasteiger partial charge in [-0.15, -0.1) is 11.3 Å². The first-order chi connectivity index (χ1) is 60.0. The zero-order chi connectivity index (χ0) is 96.7. The average molecular weight is 1760 g/mol. The number of nitrogens with zero attached hydrogens (tertiary/aromatic N) is 20. The predicted molar refractivity (Wildman–Crippen MR) is 544 cm³/mol. The summed E-state index contributed by atoms with van der Waals surface area (Å²) in [6.07, 6.45) is 0. The second-order valence-corrected chi connectivity index (χ2v) is 37.6. The Hall–Kier alpha value is -11.7. The lowest BCUT2D eigenvalue weighted by Gasteiger charge is -2.11. The van der Waals surface area contributed by atoms with Gasteiger partial charge in [0.15, 0.2) is 34.1 Å². The van der Waals surface area contributed by atoms with E-state index >= 15 is 0 Å². The molecule has 684 valence electrons. The number of benzene rings is 4. The molecule has 0 unspecified atom stereocenters. The molecular formula is C107H144N20OS. The molecule has 18 aromatic rings. The molecule has 0 aliphatic rings. The molecule has 4 aromatic carbocycles. The Morgan fingerprint density at radius 3 is 0.868 bits per heavy atom. The highest BCUT2D eigenvalue weighted by Gasteiger charge is 2.22. The molecule has 0 atom stereocenters. The Morgan fingerprint density at radius 1 is 0.194 bits per heavy atom. The standard InChI is InChI=1S/5C13H18N2.2C11H15N3.C10H12N2O.C10H12N2S/c1-7-8(2)12-9(3)11(5)15(6)13(12)14-10(7)4;4*1-7-8(2)10(4)13-12(9(7)3)14-11(5)15(13)6;1-6-7(2)10-11(12-8(6)3)13-9(4)14(10)5;1-6-7(2)10-11(12-8(6)3)14(5)9(4)13-10;2*1-5-6(2)9-10(11-7(5)3)12-8(4)13-9/h5*1-6H3;2*1-5H3;2*1-4H3. The topological polar surface area (TPSA) is 215 Å². The van der Waals surface area contributed by atoms with Crippen molar-refractivity contribution in [3.63, 3.8) is 0 Å². The number of thiazole rings is 1. The number of hydrogen-bond donors (Lipinski definition) is 0. The van der Waals surface area contributed by atoms with E-state index in [9.17, 15) is 0 Å². The average Bonchev–Trinajstić information content (AvgIpc) is 1.62. The molecule has 14 aromatic heterocycles. The summed E-state index contributed by atoms with van der Waals surface area (Å²) in [7, 11) is 14.5. The van der Waals surface area contributed by atoms with Crippen LogP contribution in [0.2, 0.25) is 0 Å². The fraction of sp³-hybridized carbons (Fsp3) is 0.449. The maximum Gasteiger partial charge on any atom is 0.199 e. The number of fused-ring (bicyclic) bond motifs is 9. The van der Waals surface area contributed by atoms with E-state index in [-0.39, 0.29) is 0 Å². The summed E-state index contributed by atoms with van der Waals surface area (Å²) in [4.78, 5) is 58.6. The molecule has 0 aliphatic heterocycles. The number of pyridine rings is 5. The van der Waals surface area contributed by atoms with Gasteiger partial charge in [-0.3, -0.25) is 0 Å². The molecule has 14 heterocycles. The number of aromatic nitrogens is 20. The molecule has 18 rings (SSSR count). The molecule has 0 bridgehead atoms. The first kappa shape index (κ1) is 99.5. The second-order valence-electron chi connectivity index (χ2n) is 36.4. The van der Waals surface area contributed by atoms with Crippen LogP contribution in [-0.4, -0.2) is 96.8 Å². The van der Waals surface area contributed by atoms with E-state index in [1.165, 1.54) is 182 Å². The van der Waals surface area contributed by atoms with E-state index in [0.29, 0.717) is 5.89 Å². The second kappa shape index (κ2) is 38.2. The highest BCUT2D eigenvalue weighted by atomic mass is 32.1. The Bertz CT molecular complexity index is 6990. The smallest absolute Gasteiger partial charge is 0.199 e. The summed E-state index contributed by atoms with van der Waals surface area (Å²) in [6.45, 7) is 86.7. The Kier molecular flexibility index (Phi) is 29.5. The molecule has 0 saturated carbocycles. The first-order valence-corrected chi connectivity index (χ1v) is 45.7. The molecule has 0 amide bonds. The minimum absolute atomic E-state index is 0.676. The fourth-order valence-electron chi connectivity index (χ4n) is 17.4. The van der Waals surface area contributed by atoms with Crippen molar-refractivity contribution in [1.29, 1.82) is 0 Å². The van der Waals surface area contributed by atoms with Crippen LogP contribution in [-0.2, 0) is 49.3 Å². The van der Waals surface area contributed by atoms with Crippen LogP contribution < -0.4 is 0 Å². The highest BCUT2D eigenvalue weighted by molar-refractivity contribution is 7.18. The van der Waals surface area contributed by atoms with Crippen molar-refractivity contribution in [3.8, 4) is 0 Å². The third-order valence-corrected chi connectivity index (χ3v) is 30.6. The van der Waals surface area contributed by atoms with Gasteiger partial charge in [-0.1, -0.05) is 0 Å². The monoisotopic (exact) mass is 1760 g/mol. The van der Waals surface area contributed by atoms with Crippen molar-refractivity contribution in [1.82, 2.24) is 96.8 Å².